The van der Waals surface area contributed by atoms with E-state index < -0.39 is 0 Å². The second-order valence-corrected chi connectivity index (χ2v) is 6.71. The molecule has 0 atom stereocenters. The van der Waals surface area contributed by atoms with Gasteiger partial charge in [-0.05, 0) is 52.3 Å². The molecule has 0 radical (unpaired) electrons. The van der Waals surface area contributed by atoms with E-state index in [0.717, 1.165) is 26.9 Å². The lowest BCUT2D eigenvalue weighted by Crippen LogP contribution is -1.99. The molecule has 3 nitrogen and oxygen atoms in total. The van der Waals surface area contributed by atoms with Crippen LogP contribution in [0.5, 0.6) is 0 Å². The minimum absolute atomic E-state index is 0.708. The average molecular weight is 334 g/mol. The summed E-state index contributed by atoms with van der Waals surface area (Å²) < 4.78 is 1.15. The zero-order valence-corrected chi connectivity index (χ0v) is 12.5. The SMILES string of the molecule is Nc1ccc(NCc2ccc(Br)s2)c2cccnc12. The lowest BCUT2D eigenvalue weighted by atomic mass is 10.1. The van der Waals surface area contributed by atoms with Gasteiger partial charge in [-0.1, -0.05) is 0 Å². The van der Waals surface area contributed by atoms with Crippen LogP contribution < -0.4 is 11.1 Å². The topological polar surface area (TPSA) is 50.9 Å². The number of fused-ring (bicyclic) bond motifs is 1. The third kappa shape index (κ3) is 2.57. The molecule has 0 saturated heterocycles. The van der Waals surface area contributed by atoms with Gasteiger partial charge >= 0.3 is 0 Å². The predicted molar refractivity (Wildman–Crippen MR) is 85.5 cm³/mol. The summed E-state index contributed by atoms with van der Waals surface area (Å²) in [5.41, 5.74) is 8.55. The van der Waals surface area contributed by atoms with Crippen LogP contribution in [0.3, 0.4) is 0 Å². The molecule has 2 aromatic heterocycles. The number of nitrogens with two attached hydrogens (primary N) is 1. The van der Waals surface area contributed by atoms with E-state index in [-0.39, 0.29) is 0 Å². The van der Waals surface area contributed by atoms with Crippen LogP contribution in [0.2, 0.25) is 0 Å². The van der Waals surface area contributed by atoms with Crippen LogP contribution in [-0.2, 0) is 6.54 Å². The van der Waals surface area contributed by atoms with Crippen LogP contribution in [0.4, 0.5) is 11.4 Å². The number of nitrogen functional groups attached to an aromatic ring is 1. The second kappa shape index (κ2) is 5.19. The number of halogens is 1. The molecule has 3 aromatic rings. The van der Waals surface area contributed by atoms with Crippen LogP contribution in [0.15, 0.2) is 46.4 Å². The Labute approximate surface area is 123 Å². The van der Waals surface area contributed by atoms with Gasteiger partial charge in [0.1, 0.15) is 0 Å². The van der Waals surface area contributed by atoms with E-state index in [1.54, 1.807) is 17.5 Å². The fourth-order valence-corrected chi connectivity index (χ4v) is 3.40. The normalized spacial score (nSPS) is 10.8. The number of anilines is 2. The van der Waals surface area contributed by atoms with E-state index in [0.29, 0.717) is 5.69 Å². The molecular weight excluding hydrogens is 322 g/mol. The van der Waals surface area contributed by atoms with Gasteiger partial charge in [-0.25, -0.2) is 0 Å². The van der Waals surface area contributed by atoms with E-state index in [9.17, 15) is 0 Å². The molecule has 3 N–H and O–H groups in total. The van der Waals surface area contributed by atoms with E-state index >= 15 is 0 Å². The van der Waals surface area contributed by atoms with Gasteiger partial charge < -0.3 is 11.1 Å². The zero-order valence-electron chi connectivity index (χ0n) is 10.1. The molecule has 0 aliphatic heterocycles. The van der Waals surface area contributed by atoms with E-state index in [4.69, 9.17) is 5.73 Å². The van der Waals surface area contributed by atoms with Crippen molar-refractivity contribution in [1.82, 2.24) is 4.98 Å². The van der Waals surface area contributed by atoms with Crippen molar-refractivity contribution < 1.29 is 0 Å². The summed E-state index contributed by atoms with van der Waals surface area (Å²) in [6.07, 6.45) is 1.76. The molecule has 0 bridgehead atoms. The average Bonchev–Trinajstić information content (AvgIpc) is 2.84. The lowest BCUT2D eigenvalue weighted by molar-refractivity contribution is 1.20. The molecule has 19 heavy (non-hydrogen) atoms. The van der Waals surface area contributed by atoms with E-state index in [1.165, 1.54) is 4.88 Å². The number of nitrogens with one attached hydrogen (secondary N) is 1. The van der Waals surface area contributed by atoms with Gasteiger partial charge in [-0.2, -0.15) is 0 Å². The molecule has 1 aromatic carbocycles. The molecule has 5 heteroatoms. The van der Waals surface area contributed by atoms with Crippen molar-refractivity contribution in [2.75, 3.05) is 11.1 Å². The van der Waals surface area contributed by atoms with Crippen LogP contribution in [0.1, 0.15) is 4.88 Å². The molecule has 2 heterocycles. The number of aromatic nitrogens is 1. The highest BCUT2D eigenvalue weighted by Crippen LogP contribution is 2.28. The minimum Gasteiger partial charge on any atom is -0.397 e. The summed E-state index contributed by atoms with van der Waals surface area (Å²) in [5.74, 6) is 0. The lowest BCUT2D eigenvalue weighted by Gasteiger charge is -2.09. The molecule has 96 valence electrons. The Kier molecular flexibility index (Phi) is 3.40. The van der Waals surface area contributed by atoms with Crippen LogP contribution in [-0.4, -0.2) is 4.98 Å². The Morgan fingerprint density at radius 1 is 1.21 bits per heavy atom. The van der Waals surface area contributed by atoms with Crippen molar-refractivity contribution in [3.8, 4) is 0 Å². The van der Waals surface area contributed by atoms with E-state index in [1.807, 2.05) is 24.3 Å². The van der Waals surface area contributed by atoms with Gasteiger partial charge in [0.25, 0.3) is 0 Å². The molecule has 0 unspecified atom stereocenters. The van der Waals surface area contributed by atoms with Gasteiger partial charge in [0.15, 0.2) is 0 Å². The number of thiophene rings is 1. The highest BCUT2D eigenvalue weighted by Gasteiger charge is 2.05. The number of hydrogen-bond acceptors (Lipinski definition) is 4. The molecule has 0 saturated carbocycles. The predicted octanol–water partition coefficient (Wildman–Crippen LogP) is 4.25. The smallest absolute Gasteiger partial charge is 0.0951 e. The zero-order chi connectivity index (χ0) is 13.2. The molecule has 0 aliphatic carbocycles. The van der Waals surface area contributed by atoms with Crippen molar-refractivity contribution in [1.29, 1.82) is 0 Å². The summed E-state index contributed by atoms with van der Waals surface area (Å²) in [6.45, 7) is 0.796. The van der Waals surface area contributed by atoms with Gasteiger partial charge in [0, 0.05) is 28.7 Å². The van der Waals surface area contributed by atoms with Crippen LogP contribution >= 0.6 is 27.3 Å². The number of rotatable bonds is 3. The maximum atomic E-state index is 5.94. The maximum absolute atomic E-state index is 5.94. The summed E-state index contributed by atoms with van der Waals surface area (Å²) in [5, 5.41) is 4.49. The first-order valence-electron chi connectivity index (χ1n) is 5.85. The first-order chi connectivity index (χ1) is 9.24. The fraction of sp³-hybridized carbons (Fsp3) is 0.0714. The molecule has 0 aliphatic rings. The summed E-state index contributed by atoms with van der Waals surface area (Å²) in [7, 11) is 0. The first kappa shape index (κ1) is 12.4. The highest BCUT2D eigenvalue weighted by molar-refractivity contribution is 9.11. The second-order valence-electron chi connectivity index (χ2n) is 4.16. The van der Waals surface area contributed by atoms with Crippen molar-refractivity contribution >= 4 is 49.5 Å². The molecule has 3 rings (SSSR count). The Morgan fingerprint density at radius 2 is 2.11 bits per heavy atom. The number of hydrogen-bond donors (Lipinski definition) is 2. The third-order valence-corrected chi connectivity index (χ3v) is 4.51. The summed E-state index contributed by atoms with van der Waals surface area (Å²) in [4.78, 5) is 5.61. The maximum Gasteiger partial charge on any atom is 0.0951 e. The molecular formula is C14H12BrN3S. The number of benzene rings is 1. The van der Waals surface area contributed by atoms with Crippen molar-refractivity contribution in [3.63, 3.8) is 0 Å². The first-order valence-corrected chi connectivity index (χ1v) is 7.46. The monoisotopic (exact) mass is 333 g/mol. The van der Waals surface area contributed by atoms with Crippen LogP contribution in [0, 0.1) is 0 Å². The molecule has 0 amide bonds. The largest absolute Gasteiger partial charge is 0.397 e. The van der Waals surface area contributed by atoms with Gasteiger partial charge in [0.05, 0.1) is 15.0 Å². The van der Waals surface area contributed by atoms with Crippen molar-refractivity contribution in [3.05, 3.63) is 51.3 Å². The summed E-state index contributed by atoms with van der Waals surface area (Å²) >= 11 is 5.20. The Balaban J connectivity index is 1.91. The fourth-order valence-electron chi connectivity index (χ4n) is 1.98. The minimum atomic E-state index is 0.708. The van der Waals surface area contributed by atoms with Gasteiger partial charge in [-0.15, -0.1) is 11.3 Å². The highest BCUT2D eigenvalue weighted by atomic mass is 79.9. The van der Waals surface area contributed by atoms with Crippen molar-refractivity contribution in [2.45, 2.75) is 6.54 Å². The Morgan fingerprint density at radius 3 is 2.89 bits per heavy atom. The van der Waals surface area contributed by atoms with Gasteiger partial charge in [-0.3, -0.25) is 4.98 Å². The number of nitrogens with zero attached hydrogens (tertiary/aromatic N) is 1. The van der Waals surface area contributed by atoms with Crippen molar-refractivity contribution in [2.24, 2.45) is 0 Å². The Bertz CT molecular complexity index is 724. The van der Waals surface area contributed by atoms with Crippen LogP contribution in [0.25, 0.3) is 10.9 Å². The quantitative estimate of drug-likeness (QED) is 0.704. The third-order valence-electron chi connectivity index (χ3n) is 2.88. The standard InChI is InChI=1S/C14H12BrN3S/c15-13-6-3-9(19-13)8-18-12-5-4-11(16)14-10(12)2-1-7-17-14/h1-7,18H,8,16H2. The molecule has 0 spiro atoms. The summed E-state index contributed by atoms with van der Waals surface area (Å²) in [6, 6.07) is 12.0. The molecule has 0 fully saturated rings. The Hall–Kier alpha value is -1.59. The number of pyridine rings is 1. The van der Waals surface area contributed by atoms with Gasteiger partial charge in [0.2, 0.25) is 0 Å². The van der Waals surface area contributed by atoms with E-state index in [2.05, 4.69) is 38.4 Å².